The van der Waals surface area contributed by atoms with Gasteiger partial charge in [-0.2, -0.15) is 4.80 Å². The molecule has 0 radical (unpaired) electrons. The Morgan fingerprint density at radius 1 is 1.20 bits per heavy atom. The Morgan fingerprint density at radius 3 is 2.80 bits per heavy atom. The van der Waals surface area contributed by atoms with Crippen molar-refractivity contribution >= 4 is 23.5 Å². The largest absolute Gasteiger partial charge is 0.467 e. The maximum absolute atomic E-state index is 11.8. The fourth-order valence-corrected chi connectivity index (χ4v) is 2.20. The normalized spacial score (nSPS) is 10.4. The molecule has 0 atom stereocenters. The van der Waals surface area contributed by atoms with Crippen LogP contribution in [-0.2, 0) is 17.9 Å². The molecule has 0 aliphatic carbocycles. The molecule has 1 aromatic carbocycles. The molecule has 0 fully saturated rings. The lowest BCUT2D eigenvalue weighted by molar-refractivity contribution is -0.121. The fraction of sp³-hybridized carbons (Fsp3) is 0.133. The highest BCUT2D eigenvalue weighted by Crippen LogP contribution is 2.23. The minimum absolute atomic E-state index is 0.171. The Kier molecular flexibility index (Phi) is 5.05. The van der Waals surface area contributed by atoms with Crippen LogP contribution in [0.25, 0.3) is 11.4 Å². The van der Waals surface area contributed by atoms with Crippen LogP contribution in [0.15, 0.2) is 47.1 Å². The van der Waals surface area contributed by atoms with Gasteiger partial charge in [-0.25, -0.2) is 4.79 Å². The van der Waals surface area contributed by atoms with E-state index >= 15 is 0 Å². The number of imide groups is 1. The molecule has 2 N–H and O–H groups in total. The lowest BCUT2D eigenvalue weighted by atomic mass is 10.2. The summed E-state index contributed by atoms with van der Waals surface area (Å²) in [4.78, 5) is 24.6. The van der Waals surface area contributed by atoms with Gasteiger partial charge in [0.2, 0.25) is 5.82 Å². The number of urea groups is 1. The van der Waals surface area contributed by atoms with E-state index in [1.54, 1.807) is 36.4 Å². The minimum atomic E-state index is -0.646. The third-order valence-corrected chi connectivity index (χ3v) is 3.44. The number of carbonyl (C=O) groups is 2. The van der Waals surface area contributed by atoms with Crippen LogP contribution < -0.4 is 10.6 Å². The zero-order valence-corrected chi connectivity index (χ0v) is 13.6. The van der Waals surface area contributed by atoms with E-state index in [1.807, 2.05) is 0 Å². The lowest BCUT2D eigenvalue weighted by Crippen LogP contribution is -2.40. The quantitative estimate of drug-likeness (QED) is 0.714. The SMILES string of the molecule is O=C(Cn1nnc(-c2ccccc2Cl)n1)NC(=O)NCc1ccco1. The van der Waals surface area contributed by atoms with Crippen molar-refractivity contribution in [3.63, 3.8) is 0 Å². The molecule has 0 bridgehead atoms. The fourth-order valence-electron chi connectivity index (χ4n) is 1.98. The number of furan rings is 1. The summed E-state index contributed by atoms with van der Waals surface area (Å²) in [7, 11) is 0. The number of amides is 3. The molecule has 2 heterocycles. The Labute approximate surface area is 147 Å². The Hall–Kier alpha value is -3.20. The molecule has 3 amide bonds. The van der Waals surface area contributed by atoms with E-state index in [0.29, 0.717) is 22.2 Å². The van der Waals surface area contributed by atoms with Gasteiger partial charge in [0.1, 0.15) is 12.3 Å². The van der Waals surface area contributed by atoms with Crippen molar-refractivity contribution in [2.24, 2.45) is 0 Å². The van der Waals surface area contributed by atoms with Crippen LogP contribution in [0.2, 0.25) is 5.02 Å². The molecular formula is C15H13ClN6O3. The lowest BCUT2D eigenvalue weighted by Gasteiger charge is -2.04. The molecule has 3 rings (SSSR count). The van der Waals surface area contributed by atoms with Gasteiger partial charge >= 0.3 is 6.03 Å². The Bertz CT molecular complexity index is 877. The first-order valence-corrected chi connectivity index (χ1v) is 7.62. The number of tetrazole rings is 1. The van der Waals surface area contributed by atoms with E-state index in [-0.39, 0.29) is 13.1 Å². The van der Waals surface area contributed by atoms with Crippen LogP contribution in [0.1, 0.15) is 5.76 Å². The highest BCUT2D eigenvalue weighted by molar-refractivity contribution is 6.33. The van der Waals surface area contributed by atoms with Gasteiger partial charge in [0, 0.05) is 5.56 Å². The zero-order valence-electron chi connectivity index (χ0n) is 12.8. The monoisotopic (exact) mass is 360 g/mol. The number of halogens is 1. The summed E-state index contributed by atoms with van der Waals surface area (Å²) in [6, 6.07) is 9.78. The molecule has 0 aliphatic heterocycles. The molecule has 0 saturated carbocycles. The van der Waals surface area contributed by atoms with Crippen molar-refractivity contribution in [2.75, 3.05) is 0 Å². The highest BCUT2D eigenvalue weighted by atomic mass is 35.5. The number of carbonyl (C=O) groups excluding carboxylic acids is 2. The van der Waals surface area contributed by atoms with Crippen molar-refractivity contribution in [3.05, 3.63) is 53.4 Å². The van der Waals surface area contributed by atoms with Crippen LogP contribution >= 0.6 is 11.6 Å². The van der Waals surface area contributed by atoms with E-state index < -0.39 is 11.9 Å². The number of hydrogen-bond acceptors (Lipinski definition) is 6. The number of benzene rings is 1. The summed E-state index contributed by atoms with van der Waals surface area (Å²) >= 11 is 6.06. The van der Waals surface area contributed by atoms with Gasteiger partial charge in [-0.1, -0.05) is 23.7 Å². The molecule has 9 nitrogen and oxygen atoms in total. The van der Waals surface area contributed by atoms with E-state index in [2.05, 4.69) is 26.0 Å². The molecule has 128 valence electrons. The van der Waals surface area contributed by atoms with Crippen LogP contribution in [0, 0.1) is 0 Å². The van der Waals surface area contributed by atoms with Crippen molar-refractivity contribution in [2.45, 2.75) is 13.1 Å². The van der Waals surface area contributed by atoms with E-state index in [4.69, 9.17) is 16.0 Å². The topological polar surface area (TPSA) is 115 Å². The molecular weight excluding hydrogens is 348 g/mol. The molecule has 10 heteroatoms. The smallest absolute Gasteiger partial charge is 0.321 e. The minimum Gasteiger partial charge on any atom is -0.467 e. The predicted molar refractivity (Wildman–Crippen MR) is 87.3 cm³/mol. The third-order valence-electron chi connectivity index (χ3n) is 3.11. The second-order valence-electron chi connectivity index (χ2n) is 4.93. The summed E-state index contributed by atoms with van der Waals surface area (Å²) in [6.07, 6.45) is 1.49. The van der Waals surface area contributed by atoms with Gasteiger partial charge in [0.25, 0.3) is 5.91 Å². The first-order valence-electron chi connectivity index (χ1n) is 7.24. The number of hydrogen-bond donors (Lipinski definition) is 2. The van der Waals surface area contributed by atoms with Crippen LogP contribution in [0.3, 0.4) is 0 Å². The Morgan fingerprint density at radius 2 is 2.04 bits per heavy atom. The van der Waals surface area contributed by atoms with Crippen LogP contribution in [0.4, 0.5) is 4.79 Å². The predicted octanol–water partition coefficient (Wildman–Crippen LogP) is 1.61. The van der Waals surface area contributed by atoms with Crippen molar-refractivity contribution in [3.8, 4) is 11.4 Å². The number of aromatic nitrogens is 4. The van der Waals surface area contributed by atoms with E-state index in [9.17, 15) is 9.59 Å². The van der Waals surface area contributed by atoms with Gasteiger partial charge < -0.3 is 9.73 Å². The average Bonchev–Trinajstić information content (AvgIpc) is 3.25. The second-order valence-corrected chi connectivity index (χ2v) is 5.34. The molecule has 0 aliphatic rings. The maximum atomic E-state index is 11.8. The molecule has 0 spiro atoms. The van der Waals surface area contributed by atoms with Crippen molar-refractivity contribution in [1.82, 2.24) is 30.8 Å². The summed E-state index contributed by atoms with van der Waals surface area (Å²) in [6.45, 7) is -0.0873. The molecule has 0 saturated heterocycles. The summed E-state index contributed by atoms with van der Waals surface area (Å²) in [5, 5.41) is 16.8. The first-order chi connectivity index (χ1) is 12.1. The van der Waals surface area contributed by atoms with Gasteiger partial charge in [-0.15, -0.1) is 10.2 Å². The standard InChI is InChI=1S/C15H13ClN6O3/c16-12-6-2-1-5-11(12)14-19-21-22(20-14)9-13(23)18-15(24)17-8-10-4-3-7-25-10/h1-7H,8-9H2,(H2,17,18,23,24). The molecule has 0 unspecified atom stereocenters. The van der Waals surface area contributed by atoms with Gasteiger partial charge in [-0.3, -0.25) is 10.1 Å². The third kappa shape index (κ3) is 4.42. The first kappa shape index (κ1) is 16.7. The van der Waals surface area contributed by atoms with E-state index in [0.717, 1.165) is 4.80 Å². The van der Waals surface area contributed by atoms with Gasteiger partial charge in [-0.05, 0) is 29.5 Å². The van der Waals surface area contributed by atoms with Crippen molar-refractivity contribution in [1.29, 1.82) is 0 Å². The highest BCUT2D eigenvalue weighted by Gasteiger charge is 2.13. The Balaban J connectivity index is 1.53. The maximum Gasteiger partial charge on any atom is 0.321 e. The van der Waals surface area contributed by atoms with Gasteiger partial charge in [0.05, 0.1) is 17.8 Å². The molecule has 25 heavy (non-hydrogen) atoms. The zero-order chi connectivity index (χ0) is 17.6. The second kappa shape index (κ2) is 7.58. The summed E-state index contributed by atoms with van der Waals surface area (Å²) in [5.74, 6) is 0.283. The van der Waals surface area contributed by atoms with Gasteiger partial charge in [0.15, 0.2) is 0 Å². The molecule has 3 aromatic rings. The summed E-state index contributed by atoms with van der Waals surface area (Å²) < 4.78 is 5.07. The van der Waals surface area contributed by atoms with Crippen LogP contribution in [-0.4, -0.2) is 32.1 Å². The molecule has 2 aromatic heterocycles. The average molecular weight is 361 g/mol. The van der Waals surface area contributed by atoms with E-state index in [1.165, 1.54) is 6.26 Å². The number of nitrogens with zero attached hydrogens (tertiary/aromatic N) is 4. The number of nitrogens with one attached hydrogen (secondary N) is 2. The number of rotatable bonds is 5. The summed E-state index contributed by atoms with van der Waals surface area (Å²) in [5.41, 5.74) is 0.604. The van der Waals surface area contributed by atoms with Crippen LogP contribution in [0.5, 0.6) is 0 Å². The van der Waals surface area contributed by atoms with Crippen molar-refractivity contribution < 1.29 is 14.0 Å².